The third kappa shape index (κ3) is 5.19. The van der Waals surface area contributed by atoms with Crippen LogP contribution in [0.3, 0.4) is 0 Å². The minimum atomic E-state index is -1.36. The Morgan fingerprint density at radius 3 is 2.13 bits per heavy atom. The van der Waals surface area contributed by atoms with Crippen molar-refractivity contribution in [1.82, 2.24) is 10.6 Å². The summed E-state index contributed by atoms with van der Waals surface area (Å²) < 4.78 is 21.3. The maximum Gasteiger partial charge on any atom is 0.343 e. The first-order valence-corrected chi connectivity index (χ1v) is 9.10. The fourth-order valence-corrected chi connectivity index (χ4v) is 2.72. The molecule has 0 saturated heterocycles. The summed E-state index contributed by atoms with van der Waals surface area (Å²) in [6.07, 6.45) is -1.36. The number of benzene rings is 2. The fourth-order valence-electron chi connectivity index (χ4n) is 2.72. The molecule has 30 heavy (non-hydrogen) atoms. The van der Waals surface area contributed by atoms with Gasteiger partial charge < -0.3 is 24.3 Å². The normalized spacial score (nSPS) is 11.1. The van der Waals surface area contributed by atoms with Gasteiger partial charge in [0.2, 0.25) is 11.9 Å². The van der Waals surface area contributed by atoms with Crippen molar-refractivity contribution in [2.75, 3.05) is 27.9 Å². The van der Waals surface area contributed by atoms with Crippen LogP contribution < -0.4 is 24.8 Å². The number of rotatable bonds is 8. The molecule has 3 amide bonds. The molecular weight excluding hydrogens is 392 g/mol. The molecule has 0 aliphatic rings. The highest BCUT2D eigenvalue weighted by molar-refractivity contribution is 6.00. The molecule has 1 atom stereocenters. The molecule has 0 radical (unpaired) electrons. The predicted molar refractivity (Wildman–Crippen MR) is 108 cm³/mol. The number of methoxy groups -OCH3 is 3. The van der Waals surface area contributed by atoms with Crippen molar-refractivity contribution in [3.63, 3.8) is 0 Å². The zero-order valence-corrected chi connectivity index (χ0v) is 17.2. The van der Waals surface area contributed by atoms with Crippen LogP contribution in [0, 0.1) is 0 Å². The molecule has 2 N–H and O–H groups in total. The van der Waals surface area contributed by atoms with Crippen molar-refractivity contribution < 1.29 is 33.3 Å². The van der Waals surface area contributed by atoms with Gasteiger partial charge in [0, 0.05) is 12.1 Å². The molecule has 0 heterocycles. The zero-order chi connectivity index (χ0) is 22.1. The number of esters is 1. The average molecular weight is 416 g/mol. The van der Waals surface area contributed by atoms with Gasteiger partial charge in [0.15, 0.2) is 11.5 Å². The maximum atomic E-state index is 12.9. The summed E-state index contributed by atoms with van der Waals surface area (Å²) in [6, 6.07) is 10.6. The number of hydrogen-bond acceptors (Lipinski definition) is 7. The molecule has 0 aliphatic carbocycles. The Hall–Kier alpha value is -3.75. The van der Waals surface area contributed by atoms with Crippen LogP contribution in [0.2, 0.25) is 0 Å². The van der Waals surface area contributed by atoms with Crippen LogP contribution in [0.25, 0.3) is 0 Å². The number of nitrogens with one attached hydrogen (secondary N) is 2. The summed E-state index contributed by atoms with van der Waals surface area (Å²) in [5.74, 6) is -0.970. The Morgan fingerprint density at radius 2 is 1.57 bits per heavy atom. The quantitative estimate of drug-likeness (QED) is 0.636. The molecule has 0 spiro atoms. The van der Waals surface area contributed by atoms with Gasteiger partial charge >= 0.3 is 12.0 Å². The average Bonchev–Trinajstić information content (AvgIpc) is 2.76. The van der Waals surface area contributed by atoms with E-state index >= 15 is 0 Å². The standard InChI is InChI=1S/C21H24N2O7/c1-5-22-21(26)23-19(24)16(13-9-7-6-8-10-13)30-20(25)14-11-12-15(27-2)18(29-4)17(14)28-3/h6-12,16H,5H2,1-4H3,(H2,22,23,24,26). The van der Waals surface area contributed by atoms with Crippen LogP contribution in [-0.2, 0) is 9.53 Å². The Balaban J connectivity index is 2.37. The lowest BCUT2D eigenvalue weighted by Gasteiger charge is -2.19. The minimum Gasteiger partial charge on any atom is -0.493 e. The van der Waals surface area contributed by atoms with E-state index in [1.54, 1.807) is 37.3 Å². The summed E-state index contributed by atoms with van der Waals surface area (Å²) in [5, 5.41) is 4.62. The van der Waals surface area contributed by atoms with Gasteiger partial charge in [-0.05, 0) is 19.1 Å². The third-order valence-electron chi connectivity index (χ3n) is 4.06. The van der Waals surface area contributed by atoms with E-state index in [-0.39, 0.29) is 17.1 Å². The summed E-state index contributed by atoms with van der Waals surface area (Å²) in [6.45, 7) is 2.04. The van der Waals surface area contributed by atoms with Crippen LogP contribution in [0.1, 0.15) is 28.9 Å². The topological polar surface area (TPSA) is 112 Å². The van der Waals surface area contributed by atoms with Crippen molar-refractivity contribution in [3.05, 3.63) is 53.6 Å². The Morgan fingerprint density at radius 1 is 0.900 bits per heavy atom. The molecule has 0 fully saturated rings. The van der Waals surface area contributed by atoms with Crippen molar-refractivity contribution >= 4 is 17.9 Å². The van der Waals surface area contributed by atoms with Gasteiger partial charge in [0.05, 0.1) is 21.3 Å². The van der Waals surface area contributed by atoms with E-state index in [1.165, 1.54) is 33.5 Å². The second-order valence-corrected chi connectivity index (χ2v) is 5.93. The highest BCUT2D eigenvalue weighted by atomic mass is 16.6. The van der Waals surface area contributed by atoms with Crippen molar-refractivity contribution in [3.8, 4) is 17.2 Å². The first-order valence-electron chi connectivity index (χ1n) is 9.10. The van der Waals surface area contributed by atoms with Gasteiger partial charge in [-0.1, -0.05) is 30.3 Å². The summed E-state index contributed by atoms with van der Waals surface area (Å²) in [5.41, 5.74) is 0.425. The van der Waals surface area contributed by atoms with E-state index in [9.17, 15) is 14.4 Å². The van der Waals surface area contributed by atoms with Crippen LogP contribution in [0.5, 0.6) is 17.2 Å². The van der Waals surface area contributed by atoms with Gasteiger partial charge in [-0.2, -0.15) is 0 Å². The van der Waals surface area contributed by atoms with E-state index in [2.05, 4.69) is 10.6 Å². The Labute approximate surface area is 174 Å². The smallest absolute Gasteiger partial charge is 0.343 e. The molecule has 2 aromatic rings. The molecule has 0 saturated carbocycles. The molecule has 0 bridgehead atoms. The van der Waals surface area contributed by atoms with Gasteiger partial charge in [-0.25, -0.2) is 9.59 Å². The maximum absolute atomic E-state index is 12.9. The monoisotopic (exact) mass is 416 g/mol. The van der Waals surface area contributed by atoms with Crippen molar-refractivity contribution in [2.45, 2.75) is 13.0 Å². The largest absolute Gasteiger partial charge is 0.493 e. The van der Waals surface area contributed by atoms with E-state index < -0.39 is 24.0 Å². The SMILES string of the molecule is CCNC(=O)NC(=O)C(OC(=O)c1ccc(OC)c(OC)c1OC)c1ccccc1. The number of carbonyl (C=O) groups is 3. The number of carbonyl (C=O) groups excluding carboxylic acids is 3. The molecule has 0 aromatic heterocycles. The first kappa shape index (κ1) is 22.5. The van der Waals surface area contributed by atoms with Crippen molar-refractivity contribution in [1.29, 1.82) is 0 Å². The molecule has 2 aromatic carbocycles. The lowest BCUT2D eigenvalue weighted by Crippen LogP contribution is -2.42. The summed E-state index contributed by atoms with van der Waals surface area (Å²) in [4.78, 5) is 37.3. The minimum absolute atomic E-state index is 0.0295. The zero-order valence-electron chi connectivity index (χ0n) is 17.2. The summed E-state index contributed by atoms with van der Waals surface area (Å²) >= 11 is 0. The first-order chi connectivity index (χ1) is 14.5. The molecule has 0 aliphatic heterocycles. The van der Waals surface area contributed by atoms with Gasteiger partial charge in [-0.3, -0.25) is 10.1 Å². The number of amides is 3. The summed E-state index contributed by atoms with van der Waals surface area (Å²) in [7, 11) is 4.22. The Kier molecular flexibility index (Phi) is 8.04. The molecular formula is C21H24N2O7. The highest BCUT2D eigenvalue weighted by Crippen LogP contribution is 2.40. The van der Waals surface area contributed by atoms with Crippen molar-refractivity contribution in [2.24, 2.45) is 0 Å². The number of hydrogen-bond donors (Lipinski definition) is 2. The van der Waals surface area contributed by atoms with Gasteiger partial charge in [0.1, 0.15) is 5.56 Å². The second-order valence-electron chi connectivity index (χ2n) is 5.93. The van der Waals surface area contributed by atoms with E-state index in [1.807, 2.05) is 0 Å². The molecule has 9 nitrogen and oxygen atoms in total. The number of ether oxygens (including phenoxy) is 4. The highest BCUT2D eigenvalue weighted by Gasteiger charge is 2.29. The number of imide groups is 1. The fraction of sp³-hybridized carbons (Fsp3) is 0.286. The second kappa shape index (κ2) is 10.7. The molecule has 160 valence electrons. The van der Waals surface area contributed by atoms with Crippen LogP contribution in [0.4, 0.5) is 4.79 Å². The van der Waals surface area contributed by atoms with E-state index in [4.69, 9.17) is 18.9 Å². The molecule has 2 rings (SSSR count). The Bertz CT molecular complexity index is 900. The lowest BCUT2D eigenvalue weighted by molar-refractivity contribution is -0.129. The number of urea groups is 1. The third-order valence-corrected chi connectivity index (χ3v) is 4.06. The van der Waals surface area contributed by atoms with Crippen LogP contribution >= 0.6 is 0 Å². The van der Waals surface area contributed by atoms with Gasteiger partial charge in [-0.15, -0.1) is 0 Å². The lowest BCUT2D eigenvalue weighted by atomic mass is 10.1. The predicted octanol–water partition coefficient (Wildman–Crippen LogP) is 2.46. The van der Waals surface area contributed by atoms with Crippen LogP contribution in [0.15, 0.2) is 42.5 Å². The van der Waals surface area contributed by atoms with Gasteiger partial charge in [0.25, 0.3) is 5.91 Å². The van der Waals surface area contributed by atoms with E-state index in [0.717, 1.165) is 0 Å². The molecule has 1 unspecified atom stereocenters. The van der Waals surface area contributed by atoms with E-state index in [0.29, 0.717) is 17.9 Å². The molecule has 9 heteroatoms. The van der Waals surface area contributed by atoms with Crippen LogP contribution in [-0.4, -0.2) is 45.8 Å².